The third kappa shape index (κ3) is 7.72. The number of hydrogen-bond donors (Lipinski definition) is 0. The molecule has 6 aromatic rings. The van der Waals surface area contributed by atoms with Gasteiger partial charge in [0.2, 0.25) is 0 Å². The Morgan fingerprint density at radius 1 is 0.852 bits per heavy atom. The van der Waals surface area contributed by atoms with Gasteiger partial charge in [-0.05, 0) is 91.1 Å². The first-order valence-electron chi connectivity index (χ1n) is 18.5. The maximum Gasteiger partial charge on any atom is 0.340 e. The van der Waals surface area contributed by atoms with Crippen molar-refractivity contribution in [3.05, 3.63) is 113 Å². The van der Waals surface area contributed by atoms with Gasteiger partial charge in [0.25, 0.3) is 0 Å². The molecule has 0 radical (unpaired) electrons. The third-order valence-corrected chi connectivity index (χ3v) is 10.2. The zero-order chi connectivity index (χ0) is 38.7. The van der Waals surface area contributed by atoms with Crippen molar-refractivity contribution in [2.24, 2.45) is 11.1 Å². The molecule has 1 aromatic heterocycles. The molecule has 1 atom stereocenters. The van der Waals surface area contributed by atoms with E-state index in [-0.39, 0.29) is 17.0 Å². The number of aromatic nitrogens is 1. The number of hydrogen-bond acceptors (Lipinski definition) is 4. The number of nitrogens with zero attached hydrogens (tertiary/aromatic N) is 2. The molecule has 0 aliphatic rings. The van der Waals surface area contributed by atoms with Gasteiger partial charge < -0.3 is 14.1 Å². The minimum absolute atomic E-state index is 0.105. The number of halogens is 4. The summed E-state index contributed by atoms with van der Waals surface area (Å²) in [5, 5.41) is 8.41. The van der Waals surface area contributed by atoms with Crippen LogP contribution in [-0.2, 0) is 16.2 Å². The van der Waals surface area contributed by atoms with Crippen LogP contribution in [-0.4, -0.2) is 35.2 Å². The summed E-state index contributed by atoms with van der Waals surface area (Å²) in [4.78, 5) is 17.2. The summed E-state index contributed by atoms with van der Waals surface area (Å²) in [6.45, 7) is 11.3. The van der Waals surface area contributed by atoms with Crippen molar-refractivity contribution in [1.29, 1.82) is 0 Å². The van der Waals surface area contributed by atoms with Crippen LogP contribution < -0.4 is 4.74 Å². The quantitative estimate of drug-likeness (QED) is 0.0484. The first kappa shape index (κ1) is 38.5. The molecule has 0 aliphatic carbocycles. The van der Waals surface area contributed by atoms with Crippen LogP contribution in [0.25, 0.3) is 43.7 Å². The summed E-state index contributed by atoms with van der Waals surface area (Å²) in [6, 6.07) is 27.2. The number of rotatable bonds is 14. The van der Waals surface area contributed by atoms with E-state index in [1.54, 1.807) is 18.2 Å². The topological polar surface area (TPSA) is 52.8 Å². The summed E-state index contributed by atoms with van der Waals surface area (Å²) >= 11 is 0. The van der Waals surface area contributed by atoms with E-state index in [2.05, 4.69) is 86.8 Å². The lowest BCUT2D eigenvalue weighted by molar-refractivity contribution is -0.148. The molecule has 1 unspecified atom stereocenters. The van der Waals surface area contributed by atoms with E-state index in [4.69, 9.17) is 9.57 Å². The molecule has 0 saturated carbocycles. The molecule has 0 bridgehead atoms. The van der Waals surface area contributed by atoms with Crippen LogP contribution in [0.3, 0.4) is 0 Å². The number of benzene rings is 5. The number of carbonyl (C=O) groups excluding carboxylic acids is 1. The second-order valence-electron chi connectivity index (χ2n) is 14.3. The number of fused-ring (bicyclic) bond motifs is 5. The fraction of sp³-hybridized carbons (Fsp3) is 0.333. The fourth-order valence-corrected chi connectivity index (χ4v) is 7.68. The zero-order valence-corrected chi connectivity index (χ0v) is 31.6. The Balaban J connectivity index is 1.64. The molecule has 0 saturated heterocycles. The number of aryl methyl sites for hydroxylation is 3. The fourth-order valence-electron chi connectivity index (χ4n) is 7.68. The van der Waals surface area contributed by atoms with Crippen molar-refractivity contribution in [3.63, 3.8) is 0 Å². The van der Waals surface area contributed by atoms with Crippen molar-refractivity contribution < 1.29 is 31.9 Å². The van der Waals surface area contributed by atoms with E-state index >= 15 is 0 Å². The molecule has 54 heavy (non-hydrogen) atoms. The van der Waals surface area contributed by atoms with Gasteiger partial charge in [-0.15, -0.1) is 0 Å². The monoisotopic (exact) mass is 738 g/mol. The van der Waals surface area contributed by atoms with Gasteiger partial charge >= 0.3 is 18.3 Å². The largest absolute Gasteiger partial charge is 0.486 e. The van der Waals surface area contributed by atoms with E-state index in [0.717, 1.165) is 70.4 Å². The van der Waals surface area contributed by atoms with Crippen molar-refractivity contribution in [2.45, 2.75) is 86.1 Å². The van der Waals surface area contributed by atoms with Crippen LogP contribution in [0.1, 0.15) is 74.3 Å². The molecular formula is C45H46F4N2O3. The number of unbranched alkanes of at least 4 members (excludes halogenated alkanes) is 1. The molecule has 6 rings (SSSR count). The second-order valence-corrected chi connectivity index (χ2v) is 14.3. The Morgan fingerprint density at radius 2 is 1.54 bits per heavy atom. The standard InChI is InChI=1S/C45H46F4N2O3/c1-7-9-14-31(8-2)25-51-39-20-19-32(42(50-54-30(6)52)35-17-12-13-18-40(35)53-26-45(48,49)44(46)47)23-36(39)38-24-37(33-15-10-11-16-34(33)43(38)51)41-28(4)21-27(3)22-29(41)5/h10-13,15-24,31,44H,7-9,14,25-26H2,1-6H3. The van der Waals surface area contributed by atoms with Crippen LogP contribution in [0, 0.1) is 26.7 Å². The molecule has 0 aliphatic heterocycles. The first-order chi connectivity index (χ1) is 25.8. The van der Waals surface area contributed by atoms with Crippen LogP contribution in [0.15, 0.2) is 90.1 Å². The van der Waals surface area contributed by atoms with Gasteiger partial charge in [0.1, 0.15) is 11.5 Å². The Morgan fingerprint density at radius 3 is 2.20 bits per heavy atom. The van der Waals surface area contributed by atoms with Crippen LogP contribution in [0.4, 0.5) is 17.6 Å². The predicted octanol–water partition coefficient (Wildman–Crippen LogP) is 12.4. The summed E-state index contributed by atoms with van der Waals surface area (Å²) in [7, 11) is 0. The SMILES string of the molecule is CCCCC(CC)Cn1c2ccc(C(=NOC(C)=O)c3ccccc3OCC(F)(F)C(F)F)cc2c2cc(-c3c(C)cc(C)cc3C)c3ccccc3c21. The van der Waals surface area contributed by atoms with Crippen molar-refractivity contribution >= 4 is 44.3 Å². The first-order valence-corrected chi connectivity index (χ1v) is 18.5. The van der Waals surface area contributed by atoms with E-state index in [1.165, 1.54) is 35.2 Å². The second kappa shape index (κ2) is 16.0. The van der Waals surface area contributed by atoms with Crippen LogP contribution >= 0.6 is 0 Å². The lowest BCUT2D eigenvalue weighted by atomic mass is 9.89. The summed E-state index contributed by atoms with van der Waals surface area (Å²) in [6.07, 6.45) is 0.477. The van der Waals surface area contributed by atoms with Gasteiger partial charge in [0, 0.05) is 46.3 Å². The van der Waals surface area contributed by atoms with Gasteiger partial charge in [-0.25, -0.2) is 13.6 Å². The van der Waals surface area contributed by atoms with Crippen LogP contribution in [0.5, 0.6) is 5.75 Å². The molecule has 282 valence electrons. The molecule has 5 aromatic carbocycles. The van der Waals surface area contributed by atoms with Crippen LogP contribution in [0.2, 0.25) is 0 Å². The normalized spacial score (nSPS) is 13.0. The number of oxime groups is 1. The Kier molecular flexibility index (Phi) is 11.5. The number of carbonyl (C=O) groups is 1. The zero-order valence-electron chi connectivity index (χ0n) is 31.6. The summed E-state index contributed by atoms with van der Waals surface area (Å²) in [5.41, 5.74) is 8.81. The minimum Gasteiger partial charge on any atom is -0.486 e. The molecule has 0 fully saturated rings. The Labute approximate surface area is 313 Å². The summed E-state index contributed by atoms with van der Waals surface area (Å²) < 4.78 is 61.9. The van der Waals surface area contributed by atoms with Gasteiger partial charge in [-0.2, -0.15) is 8.78 Å². The lowest BCUT2D eigenvalue weighted by Gasteiger charge is -2.19. The highest BCUT2D eigenvalue weighted by molar-refractivity contribution is 6.23. The Bertz CT molecular complexity index is 2340. The molecule has 0 spiro atoms. The molecule has 9 heteroatoms. The van der Waals surface area contributed by atoms with E-state index in [1.807, 2.05) is 18.2 Å². The average molecular weight is 739 g/mol. The lowest BCUT2D eigenvalue weighted by Crippen LogP contribution is -2.34. The van der Waals surface area contributed by atoms with Crippen molar-refractivity contribution in [1.82, 2.24) is 4.57 Å². The minimum atomic E-state index is -4.37. The van der Waals surface area contributed by atoms with Gasteiger partial charge in [-0.1, -0.05) is 98.4 Å². The van der Waals surface area contributed by atoms with Gasteiger partial charge in [-0.3, -0.25) is 0 Å². The predicted molar refractivity (Wildman–Crippen MR) is 210 cm³/mol. The maximum atomic E-state index is 14.0. The molecular weight excluding hydrogens is 692 g/mol. The number of para-hydroxylation sites is 1. The molecule has 5 nitrogen and oxygen atoms in total. The summed E-state index contributed by atoms with van der Waals surface area (Å²) in [5.74, 6) is -4.72. The molecule has 0 N–H and O–H groups in total. The highest BCUT2D eigenvalue weighted by atomic mass is 19.3. The highest BCUT2D eigenvalue weighted by Gasteiger charge is 2.42. The van der Waals surface area contributed by atoms with E-state index in [0.29, 0.717) is 11.5 Å². The smallest absolute Gasteiger partial charge is 0.340 e. The number of ether oxygens (including phenoxy) is 1. The molecule has 1 heterocycles. The van der Waals surface area contributed by atoms with E-state index < -0.39 is 24.9 Å². The van der Waals surface area contributed by atoms with E-state index in [9.17, 15) is 22.4 Å². The van der Waals surface area contributed by atoms with Gasteiger partial charge in [0.15, 0.2) is 6.61 Å². The Hall–Kier alpha value is -5.18. The third-order valence-electron chi connectivity index (χ3n) is 10.2. The van der Waals surface area contributed by atoms with Crippen molar-refractivity contribution in [2.75, 3.05) is 6.61 Å². The number of alkyl halides is 4. The molecule has 0 amide bonds. The maximum absolute atomic E-state index is 14.0. The van der Waals surface area contributed by atoms with Gasteiger partial charge in [0.05, 0.1) is 5.52 Å². The average Bonchev–Trinajstić information content (AvgIpc) is 3.44. The van der Waals surface area contributed by atoms with Crippen molar-refractivity contribution in [3.8, 4) is 16.9 Å². The highest BCUT2D eigenvalue weighted by Crippen LogP contribution is 2.43.